The summed E-state index contributed by atoms with van der Waals surface area (Å²) in [6.45, 7) is 6.72. The average molecular weight is 351 g/mol. The molecule has 0 bridgehead atoms. The Morgan fingerprint density at radius 3 is 2.50 bits per heavy atom. The van der Waals surface area contributed by atoms with Gasteiger partial charge in [0.2, 0.25) is 0 Å². The second-order valence-electron chi connectivity index (χ2n) is 6.83. The number of nitrogens with one attached hydrogen (secondary N) is 1. The van der Waals surface area contributed by atoms with E-state index in [1.807, 2.05) is 36.9 Å². The van der Waals surface area contributed by atoms with Crippen molar-refractivity contribution in [1.82, 2.24) is 9.80 Å². The van der Waals surface area contributed by atoms with Crippen LogP contribution >= 0.6 is 0 Å². The van der Waals surface area contributed by atoms with Gasteiger partial charge in [-0.25, -0.2) is 13.2 Å². The summed E-state index contributed by atoms with van der Waals surface area (Å²) in [5.74, 6) is 0.562. The Morgan fingerprint density at radius 2 is 1.88 bits per heavy atom. The van der Waals surface area contributed by atoms with E-state index < -0.39 is 9.84 Å². The largest absolute Gasteiger partial charge is 0.322 e. The third-order valence-electron chi connectivity index (χ3n) is 4.96. The standard InChI is InChI=1S/C17H25N3O3S/c1-13-3-4-14(2)16(11-13)18-17(21)20-8-6-19(7-9-20)15-5-10-24(22,23)12-15/h3-4,11,15H,5-10,12H2,1-2H3,(H,18,21). The van der Waals surface area contributed by atoms with Crippen molar-refractivity contribution in [3.63, 3.8) is 0 Å². The zero-order chi connectivity index (χ0) is 17.3. The molecule has 2 heterocycles. The molecule has 0 radical (unpaired) electrons. The summed E-state index contributed by atoms with van der Waals surface area (Å²) in [5, 5.41) is 2.99. The van der Waals surface area contributed by atoms with Crippen molar-refractivity contribution in [1.29, 1.82) is 0 Å². The minimum Gasteiger partial charge on any atom is -0.322 e. The smallest absolute Gasteiger partial charge is 0.321 e. The van der Waals surface area contributed by atoms with Gasteiger partial charge in [-0.1, -0.05) is 12.1 Å². The molecule has 2 aliphatic heterocycles. The number of anilines is 1. The van der Waals surface area contributed by atoms with E-state index in [0.29, 0.717) is 18.8 Å². The Hall–Kier alpha value is -1.60. The molecule has 2 amide bonds. The van der Waals surface area contributed by atoms with E-state index in [1.165, 1.54) is 0 Å². The van der Waals surface area contributed by atoms with Gasteiger partial charge in [0.05, 0.1) is 11.5 Å². The zero-order valence-corrected chi connectivity index (χ0v) is 15.1. The van der Waals surface area contributed by atoms with Gasteiger partial charge in [-0.2, -0.15) is 0 Å². The zero-order valence-electron chi connectivity index (χ0n) is 14.3. The summed E-state index contributed by atoms with van der Waals surface area (Å²) in [6, 6.07) is 6.05. The van der Waals surface area contributed by atoms with Crippen LogP contribution in [0, 0.1) is 13.8 Å². The van der Waals surface area contributed by atoms with Crippen LogP contribution in [-0.4, -0.2) is 68.0 Å². The minimum absolute atomic E-state index is 0.0811. The van der Waals surface area contributed by atoms with E-state index in [9.17, 15) is 13.2 Å². The maximum atomic E-state index is 12.5. The van der Waals surface area contributed by atoms with Crippen molar-refractivity contribution in [2.75, 3.05) is 43.0 Å². The van der Waals surface area contributed by atoms with Crippen LogP contribution in [0.5, 0.6) is 0 Å². The summed E-state index contributed by atoms with van der Waals surface area (Å²) in [6.07, 6.45) is 0.719. The molecule has 3 rings (SSSR count). The van der Waals surface area contributed by atoms with Crippen LogP contribution in [0.1, 0.15) is 17.5 Å². The number of carbonyl (C=O) groups is 1. The molecule has 2 fully saturated rings. The minimum atomic E-state index is -2.86. The highest BCUT2D eigenvalue weighted by atomic mass is 32.2. The fourth-order valence-electron chi connectivity index (χ4n) is 3.42. The molecule has 0 saturated carbocycles. The second-order valence-corrected chi connectivity index (χ2v) is 9.06. The van der Waals surface area contributed by atoms with Crippen LogP contribution in [0.25, 0.3) is 0 Å². The Balaban J connectivity index is 1.55. The van der Waals surface area contributed by atoms with Crippen molar-refractivity contribution in [3.05, 3.63) is 29.3 Å². The molecule has 0 aromatic heterocycles. The molecule has 2 aliphatic rings. The van der Waals surface area contributed by atoms with E-state index in [2.05, 4.69) is 10.2 Å². The van der Waals surface area contributed by atoms with Crippen LogP contribution < -0.4 is 5.32 Å². The van der Waals surface area contributed by atoms with Gasteiger partial charge < -0.3 is 10.2 Å². The van der Waals surface area contributed by atoms with Crippen molar-refractivity contribution >= 4 is 21.6 Å². The molecule has 1 atom stereocenters. The van der Waals surface area contributed by atoms with E-state index in [0.717, 1.165) is 36.3 Å². The number of piperazine rings is 1. The van der Waals surface area contributed by atoms with Crippen LogP contribution in [0.3, 0.4) is 0 Å². The van der Waals surface area contributed by atoms with Crippen molar-refractivity contribution in [2.45, 2.75) is 26.3 Å². The lowest BCUT2D eigenvalue weighted by atomic mass is 10.1. The topological polar surface area (TPSA) is 69.7 Å². The number of benzene rings is 1. The van der Waals surface area contributed by atoms with E-state index in [4.69, 9.17) is 0 Å². The number of rotatable bonds is 2. The van der Waals surface area contributed by atoms with Gasteiger partial charge in [0.25, 0.3) is 0 Å². The molecule has 0 aliphatic carbocycles. The molecule has 1 aromatic rings. The van der Waals surface area contributed by atoms with Gasteiger partial charge in [0.1, 0.15) is 0 Å². The number of urea groups is 1. The molecule has 1 unspecified atom stereocenters. The number of carbonyl (C=O) groups excluding carboxylic acids is 1. The molecule has 24 heavy (non-hydrogen) atoms. The monoisotopic (exact) mass is 351 g/mol. The van der Waals surface area contributed by atoms with Gasteiger partial charge in [-0.3, -0.25) is 4.90 Å². The Kier molecular flexibility index (Phi) is 4.83. The van der Waals surface area contributed by atoms with Crippen LogP contribution in [0.4, 0.5) is 10.5 Å². The molecule has 1 N–H and O–H groups in total. The highest BCUT2D eigenvalue weighted by molar-refractivity contribution is 7.91. The van der Waals surface area contributed by atoms with Crippen molar-refractivity contribution in [2.24, 2.45) is 0 Å². The predicted molar refractivity (Wildman–Crippen MR) is 95.1 cm³/mol. The number of hydrogen-bond donors (Lipinski definition) is 1. The molecular formula is C17H25N3O3S. The van der Waals surface area contributed by atoms with Gasteiger partial charge in [0.15, 0.2) is 9.84 Å². The van der Waals surface area contributed by atoms with Gasteiger partial charge >= 0.3 is 6.03 Å². The van der Waals surface area contributed by atoms with E-state index >= 15 is 0 Å². The molecule has 0 spiro atoms. The average Bonchev–Trinajstić information content (AvgIpc) is 2.91. The number of sulfone groups is 1. The van der Waals surface area contributed by atoms with Gasteiger partial charge in [-0.05, 0) is 37.5 Å². The SMILES string of the molecule is Cc1ccc(C)c(NC(=O)N2CCN(C3CCS(=O)(=O)C3)CC2)c1. The molecule has 2 saturated heterocycles. The summed E-state index contributed by atoms with van der Waals surface area (Å²) in [5.41, 5.74) is 3.01. The van der Waals surface area contributed by atoms with E-state index in [1.54, 1.807) is 0 Å². The lowest BCUT2D eigenvalue weighted by Crippen LogP contribution is -2.53. The van der Waals surface area contributed by atoms with Gasteiger partial charge in [-0.15, -0.1) is 0 Å². The van der Waals surface area contributed by atoms with Crippen molar-refractivity contribution in [3.8, 4) is 0 Å². The lowest BCUT2D eigenvalue weighted by molar-refractivity contribution is 0.121. The maximum Gasteiger partial charge on any atom is 0.321 e. The number of aryl methyl sites for hydroxylation is 2. The third-order valence-corrected chi connectivity index (χ3v) is 6.71. The summed E-state index contributed by atoms with van der Waals surface area (Å²) in [7, 11) is -2.86. The quantitative estimate of drug-likeness (QED) is 0.879. The summed E-state index contributed by atoms with van der Waals surface area (Å²) in [4.78, 5) is 16.5. The fourth-order valence-corrected chi connectivity index (χ4v) is 5.18. The number of nitrogens with zero attached hydrogens (tertiary/aromatic N) is 2. The predicted octanol–water partition coefficient (Wildman–Crippen LogP) is 1.64. The van der Waals surface area contributed by atoms with E-state index in [-0.39, 0.29) is 17.8 Å². The Labute approximate surface area is 143 Å². The third kappa shape index (κ3) is 3.89. The van der Waals surface area contributed by atoms with Gasteiger partial charge in [0, 0.05) is 37.9 Å². The molecule has 7 heteroatoms. The first-order chi connectivity index (χ1) is 11.3. The van der Waals surface area contributed by atoms with Crippen molar-refractivity contribution < 1.29 is 13.2 Å². The number of amides is 2. The highest BCUT2D eigenvalue weighted by Gasteiger charge is 2.34. The van der Waals surface area contributed by atoms with Crippen LogP contribution in [0.2, 0.25) is 0 Å². The summed E-state index contributed by atoms with van der Waals surface area (Å²) >= 11 is 0. The first-order valence-electron chi connectivity index (χ1n) is 8.42. The summed E-state index contributed by atoms with van der Waals surface area (Å²) < 4.78 is 23.2. The maximum absolute atomic E-state index is 12.5. The second kappa shape index (κ2) is 6.72. The Morgan fingerprint density at radius 1 is 1.17 bits per heavy atom. The highest BCUT2D eigenvalue weighted by Crippen LogP contribution is 2.20. The molecule has 132 valence electrons. The fraction of sp³-hybridized carbons (Fsp3) is 0.588. The molecule has 1 aromatic carbocycles. The molecular weight excluding hydrogens is 326 g/mol. The van der Waals surface area contributed by atoms with Crippen LogP contribution in [-0.2, 0) is 9.84 Å². The van der Waals surface area contributed by atoms with Crippen LogP contribution in [0.15, 0.2) is 18.2 Å². The Bertz CT molecular complexity index is 725. The normalized spacial score (nSPS) is 24.1. The number of hydrogen-bond acceptors (Lipinski definition) is 4. The first-order valence-corrected chi connectivity index (χ1v) is 10.2. The first kappa shape index (κ1) is 17.2. The molecule has 6 nitrogen and oxygen atoms in total. The lowest BCUT2D eigenvalue weighted by Gasteiger charge is -2.37.